The van der Waals surface area contributed by atoms with Crippen LogP contribution in [0.15, 0.2) is 0 Å². The number of hydrogen-bond donors (Lipinski definition) is 0. The van der Waals surface area contributed by atoms with Gasteiger partial charge in [0.25, 0.3) is 6.43 Å². The van der Waals surface area contributed by atoms with E-state index in [1.807, 2.05) is 0 Å². The molecule has 0 N–H and O–H groups in total. The lowest BCUT2D eigenvalue weighted by Crippen LogP contribution is -2.23. The third-order valence-corrected chi connectivity index (χ3v) is 1.22. The maximum Gasteiger partial charge on any atom is 0.285 e. The molecule has 0 spiro atoms. The average molecular weight is 147 g/mol. The summed E-state index contributed by atoms with van der Waals surface area (Å²) in [7, 11) is 0. The van der Waals surface area contributed by atoms with Crippen molar-refractivity contribution in [2.45, 2.75) is 24.9 Å². The van der Waals surface area contributed by atoms with Gasteiger partial charge in [0, 0.05) is 0 Å². The Morgan fingerprint density at radius 2 is 2.00 bits per heavy atom. The van der Waals surface area contributed by atoms with E-state index in [1.165, 1.54) is 6.92 Å². The van der Waals surface area contributed by atoms with Gasteiger partial charge in [-0.3, -0.25) is 0 Å². The highest BCUT2D eigenvalue weighted by Gasteiger charge is 2.35. The van der Waals surface area contributed by atoms with Gasteiger partial charge < -0.3 is 0 Å². The maximum absolute atomic E-state index is 12.0. The van der Waals surface area contributed by atoms with Crippen molar-refractivity contribution < 1.29 is 13.2 Å². The predicted octanol–water partition coefficient (Wildman–Crippen LogP) is 2.57. The van der Waals surface area contributed by atoms with Gasteiger partial charge in [0.05, 0.1) is 0 Å². The Morgan fingerprint density at radius 1 is 1.62 bits per heavy atom. The molecule has 0 heterocycles. The fourth-order valence-electron chi connectivity index (χ4n) is 0.154. The minimum absolute atomic E-state index is 0.369. The SMILES string of the molecule is CC[C@@](F)(Cl)C(F)F. The van der Waals surface area contributed by atoms with E-state index in [9.17, 15) is 13.2 Å². The quantitative estimate of drug-likeness (QED) is 0.526. The molecule has 0 fully saturated rings. The fraction of sp³-hybridized carbons (Fsp3) is 1.00. The number of rotatable bonds is 2. The number of hydrogen-bond acceptors (Lipinski definition) is 0. The van der Waals surface area contributed by atoms with E-state index < -0.39 is 11.6 Å². The van der Waals surface area contributed by atoms with Crippen LogP contribution in [0.3, 0.4) is 0 Å². The van der Waals surface area contributed by atoms with Crippen LogP contribution in [-0.4, -0.2) is 11.6 Å². The summed E-state index contributed by atoms with van der Waals surface area (Å²) in [5.74, 6) is 0. The van der Waals surface area contributed by atoms with Crippen molar-refractivity contribution in [1.82, 2.24) is 0 Å². The third-order valence-electron chi connectivity index (χ3n) is 0.791. The second-order valence-corrected chi connectivity index (χ2v) is 2.04. The molecule has 0 unspecified atom stereocenters. The summed E-state index contributed by atoms with van der Waals surface area (Å²) in [4.78, 5) is 0. The van der Waals surface area contributed by atoms with Gasteiger partial charge in [0.15, 0.2) is 0 Å². The van der Waals surface area contributed by atoms with E-state index in [0.29, 0.717) is 0 Å². The standard InChI is InChI=1S/C4H6ClF3/c1-2-4(5,8)3(6)7/h3H,2H2,1H3/t4-/m0/s1. The van der Waals surface area contributed by atoms with Crippen molar-refractivity contribution >= 4 is 11.6 Å². The van der Waals surface area contributed by atoms with Gasteiger partial charge in [0.1, 0.15) is 0 Å². The van der Waals surface area contributed by atoms with E-state index in [-0.39, 0.29) is 6.42 Å². The van der Waals surface area contributed by atoms with Gasteiger partial charge in [0.2, 0.25) is 5.13 Å². The Morgan fingerprint density at radius 3 is 2.00 bits per heavy atom. The first kappa shape index (κ1) is 8.08. The molecule has 0 bridgehead atoms. The molecular weight excluding hydrogens is 140 g/mol. The lowest BCUT2D eigenvalue weighted by Gasteiger charge is -2.12. The van der Waals surface area contributed by atoms with E-state index in [4.69, 9.17) is 0 Å². The summed E-state index contributed by atoms with van der Waals surface area (Å²) >= 11 is 4.64. The van der Waals surface area contributed by atoms with Crippen molar-refractivity contribution in [2.24, 2.45) is 0 Å². The molecule has 4 heteroatoms. The highest BCUT2D eigenvalue weighted by molar-refractivity contribution is 6.23. The monoisotopic (exact) mass is 146 g/mol. The highest BCUT2D eigenvalue weighted by Crippen LogP contribution is 2.28. The van der Waals surface area contributed by atoms with Gasteiger partial charge in [-0.05, 0) is 6.42 Å². The summed E-state index contributed by atoms with van der Waals surface area (Å²) in [6.45, 7) is 1.26. The maximum atomic E-state index is 12.0. The van der Waals surface area contributed by atoms with Crippen LogP contribution in [0.2, 0.25) is 0 Å². The molecule has 0 radical (unpaired) electrons. The summed E-state index contributed by atoms with van der Waals surface area (Å²) in [6, 6.07) is 0. The molecule has 8 heavy (non-hydrogen) atoms. The van der Waals surface area contributed by atoms with Crippen LogP contribution in [0.5, 0.6) is 0 Å². The second-order valence-electron chi connectivity index (χ2n) is 1.42. The molecule has 0 saturated heterocycles. The molecule has 50 valence electrons. The predicted molar refractivity (Wildman–Crippen MR) is 26.0 cm³/mol. The normalized spacial score (nSPS) is 18.8. The molecule has 0 aromatic heterocycles. The first-order valence-electron chi connectivity index (χ1n) is 2.16. The van der Waals surface area contributed by atoms with Crippen molar-refractivity contribution in [1.29, 1.82) is 0 Å². The van der Waals surface area contributed by atoms with Crippen molar-refractivity contribution in [3.8, 4) is 0 Å². The first-order valence-corrected chi connectivity index (χ1v) is 2.54. The lowest BCUT2D eigenvalue weighted by atomic mass is 10.3. The Bertz CT molecular complexity index is 71.7. The lowest BCUT2D eigenvalue weighted by molar-refractivity contribution is 0.0198. The van der Waals surface area contributed by atoms with Crippen LogP contribution >= 0.6 is 11.6 Å². The third kappa shape index (κ3) is 1.90. The van der Waals surface area contributed by atoms with Crippen LogP contribution in [0, 0.1) is 0 Å². The topological polar surface area (TPSA) is 0 Å². The fourth-order valence-corrected chi connectivity index (χ4v) is 0.154. The molecular formula is C4H6ClF3. The minimum Gasteiger partial charge on any atom is -0.220 e. The molecule has 1 atom stereocenters. The van der Waals surface area contributed by atoms with Crippen LogP contribution in [0.1, 0.15) is 13.3 Å². The second kappa shape index (κ2) is 2.58. The van der Waals surface area contributed by atoms with Gasteiger partial charge >= 0.3 is 0 Å². The van der Waals surface area contributed by atoms with Gasteiger partial charge in [-0.25, -0.2) is 13.2 Å². The van der Waals surface area contributed by atoms with Crippen molar-refractivity contribution in [2.75, 3.05) is 0 Å². The summed E-state index contributed by atoms with van der Waals surface area (Å²) in [5, 5.41) is -2.82. The van der Waals surface area contributed by atoms with E-state index in [2.05, 4.69) is 11.6 Å². The molecule has 0 aliphatic heterocycles. The number of alkyl halides is 4. The molecule has 0 rings (SSSR count). The molecule has 0 amide bonds. The zero-order chi connectivity index (χ0) is 6.78. The molecule has 0 aromatic carbocycles. The smallest absolute Gasteiger partial charge is 0.220 e. The van der Waals surface area contributed by atoms with Gasteiger partial charge in [-0.2, -0.15) is 0 Å². The molecule has 0 saturated carbocycles. The van der Waals surface area contributed by atoms with Crippen LogP contribution in [0.4, 0.5) is 13.2 Å². The Labute approximate surface area is 50.6 Å². The summed E-state index contributed by atoms with van der Waals surface area (Å²) < 4.78 is 34.6. The average Bonchev–Trinajstić information content (AvgIpc) is 1.67. The van der Waals surface area contributed by atoms with Gasteiger partial charge in [-0.15, -0.1) is 0 Å². The Hall–Kier alpha value is 0.0800. The van der Waals surface area contributed by atoms with E-state index >= 15 is 0 Å². The van der Waals surface area contributed by atoms with Crippen molar-refractivity contribution in [3.63, 3.8) is 0 Å². The summed E-state index contributed by atoms with van der Waals surface area (Å²) in [5.41, 5.74) is 0. The zero-order valence-corrected chi connectivity index (χ0v) is 5.05. The number of halogens is 4. The van der Waals surface area contributed by atoms with E-state index in [0.717, 1.165) is 0 Å². The van der Waals surface area contributed by atoms with E-state index in [1.54, 1.807) is 0 Å². The molecule has 0 nitrogen and oxygen atoms in total. The van der Waals surface area contributed by atoms with Gasteiger partial charge in [-0.1, -0.05) is 18.5 Å². The molecule has 0 aliphatic rings. The van der Waals surface area contributed by atoms with Crippen molar-refractivity contribution in [3.05, 3.63) is 0 Å². The molecule has 0 aromatic rings. The zero-order valence-electron chi connectivity index (χ0n) is 4.30. The Balaban J connectivity index is 3.71. The largest absolute Gasteiger partial charge is 0.285 e. The minimum atomic E-state index is -3.09. The van der Waals surface area contributed by atoms with Crippen LogP contribution in [-0.2, 0) is 0 Å². The first-order chi connectivity index (χ1) is 3.50. The Kier molecular flexibility index (Phi) is 2.60. The molecule has 0 aliphatic carbocycles. The summed E-state index contributed by atoms with van der Waals surface area (Å²) in [6.07, 6.45) is -3.46. The highest BCUT2D eigenvalue weighted by atomic mass is 35.5. The van der Waals surface area contributed by atoms with Crippen LogP contribution in [0.25, 0.3) is 0 Å². The van der Waals surface area contributed by atoms with Crippen LogP contribution < -0.4 is 0 Å².